The van der Waals surface area contributed by atoms with Crippen LogP contribution in [0.4, 0.5) is 17.2 Å². The number of nitrogens with zero attached hydrogens (tertiary/aromatic N) is 2. The third-order valence-corrected chi connectivity index (χ3v) is 4.26. The van der Waals surface area contributed by atoms with Crippen LogP contribution in [-0.2, 0) is 0 Å². The summed E-state index contributed by atoms with van der Waals surface area (Å²) in [6, 6.07) is 13.0. The first-order chi connectivity index (χ1) is 13.1. The van der Waals surface area contributed by atoms with Gasteiger partial charge in [-0.2, -0.15) is 0 Å². The lowest BCUT2D eigenvalue weighted by Gasteiger charge is -2.12. The highest BCUT2D eigenvalue weighted by molar-refractivity contribution is 6.04. The minimum absolute atomic E-state index is 0.217. The van der Waals surface area contributed by atoms with Gasteiger partial charge in [0, 0.05) is 23.5 Å². The van der Waals surface area contributed by atoms with Crippen LogP contribution in [0, 0.1) is 13.8 Å². The average Bonchev–Trinajstić information content (AvgIpc) is 3.13. The van der Waals surface area contributed by atoms with Crippen molar-refractivity contribution in [1.29, 1.82) is 0 Å². The molecular weight excluding hydrogens is 344 g/mol. The first-order valence-electron chi connectivity index (χ1n) is 8.46. The molecule has 1 aliphatic rings. The number of para-hydroxylation sites is 1. The molecule has 0 atom stereocenters. The summed E-state index contributed by atoms with van der Waals surface area (Å²) < 4.78 is 10.7. The van der Waals surface area contributed by atoms with Crippen LogP contribution in [0.2, 0.25) is 0 Å². The number of rotatable bonds is 4. The summed E-state index contributed by atoms with van der Waals surface area (Å²) in [5, 5.41) is 6.08. The molecule has 3 aromatic rings. The van der Waals surface area contributed by atoms with E-state index in [1.165, 1.54) is 6.33 Å². The summed E-state index contributed by atoms with van der Waals surface area (Å²) >= 11 is 0. The van der Waals surface area contributed by atoms with Crippen molar-refractivity contribution in [3.05, 3.63) is 65.6 Å². The smallest absolute Gasteiger partial charge is 0.274 e. The van der Waals surface area contributed by atoms with Gasteiger partial charge in [-0.3, -0.25) is 4.79 Å². The fourth-order valence-electron chi connectivity index (χ4n) is 2.86. The molecule has 0 saturated heterocycles. The maximum atomic E-state index is 12.6. The number of hydrogen-bond acceptors (Lipinski definition) is 6. The van der Waals surface area contributed by atoms with Gasteiger partial charge in [0.25, 0.3) is 5.91 Å². The number of aryl methyl sites for hydroxylation is 2. The fourth-order valence-corrected chi connectivity index (χ4v) is 2.86. The first kappa shape index (κ1) is 16.8. The highest BCUT2D eigenvalue weighted by Gasteiger charge is 2.15. The summed E-state index contributed by atoms with van der Waals surface area (Å²) in [5.41, 5.74) is 3.84. The number of amides is 1. The molecule has 0 unspecified atom stereocenters. The molecule has 1 amide bonds. The Hall–Kier alpha value is -3.61. The van der Waals surface area contributed by atoms with E-state index in [-0.39, 0.29) is 18.4 Å². The standard InChI is InChI=1S/C20H18N4O3/c1-12-4-3-5-13(2)19(12)24-20(25)15-9-18(22-10-21-15)23-14-6-7-16-17(8-14)27-11-26-16/h3-10H,11H2,1-2H3,(H,24,25)(H,21,22,23). The Morgan fingerprint density at radius 2 is 1.78 bits per heavy atom. The van der Waals surface area contributed by atoms with Crippen molar-refractivity contribution in [2.75, 3.05) is 17.4 Å². The van der Waals surface area contributed by atoms with Crippen molar-refractivity contribution in [3.63, 3.8) is 0 Å². The quantitative estimate of drug-likeness (QED) is 0.734. The second-order valence-corrected chi connectivity index (χ2v) is 6.20. The molecule has 2 aromatic carbocycles. The molecule has 0 saturated carbocycles. The molecule has 0 bridgehead atoms. The number of fused-ring (bicyclic) bond motifs is 1. The lowest BCUT2D eigenvalue weighted by atomic mass is 10.1. The van der Waals surface area contributed by atoms with Crippen LogP contribution in [0.15, 0.2) is 48.8 Å². The molecular formula is C20H18N4O3. The minimum atomic E-state index is -0.288. The van der Waals surface area contributed by atoms with E-state index in [9.17, 15) is 4.79 Å². The van der Waals surface area contributed by atoms with Crippen molar-refractivity contribution in [2.45, 2.75) is 13.8 Å². The summed E-state index contributed by atoms with van der Waals surface area (Å²) in [6.45, 7) is 4.12. The molecule has 0 radical (unpaired) electrons. The van der Waals surface area contributed by atoms with E-state index in [4.69, 9.17) is 9.47 Å². The second kappa shape index (κ2) is 6.95. The zero-order chi connectivity index (χ0) is 18.8. The zero-order valence-electron chi connectivity index (χ0n) is 14.9. The Morgan fingerprint density at radius 1 is 1.00 bits per heavy atom. The molecule has 1 aromatic heterocycles. The Bertz CT molecular complexity index is 1000. The zero-order valence-corrected chi connectivity index (χ0v) is 14.9. The van der Waals surface area contributed by atoms with Gasteiger partial charge in [0.05, 0.1) is 0 Å². The molecule has 0 fully saturated rings. The van der Waals surface area contributed by atoms with Gasteiger partial charge in [-0.25, -0.2) is 9.97 Å². The van der Waals surface area contributed by atoms with Gasteiger partial charge >= 0.3 is 0 Å². The predicted molar refractivity (Wildman–Crippen MR) is 102 cm³/mol. The topological polar surface area (TPSA) is 85.4 Å². The summed E-state index contributed by atoms with van der Waals surface area (Å²) in [7, 11) is 0. The highest BCUT2D eigenvalue weighted by atomic mass is 16.7. The Balaban J connectivity index is 1.53. The van der Waals surface area contributed by atoms with E-state index in [2.05, 4.69) is 20.6 Å². The van der Waals surface area contributed by atoms with Gasteiger partial charge in [-0.1, -0.05) is 18.2 Å². The number of anilines is 3. The molecule has 4 rings (SSSR count). The van der Waals surface area contributed by atoms with E-state index in [1.807, 2.05) is 50.2 Å². The van der Waals surface area contributed by atoms with Crippen LogP contribution in [-0.4, -0.2) is 22.7 Å². The van der Waals surface area contributed by atoms with Gasteiger partial charge < -0.3 is 20.1 Å². The Morgan fingerprint density at radius 3 is 2.59 bits per heavy atom. The number of carbonyl (C=O) groups is 1. The number of nitrogens with one attached hydrogen (secondary N) is 2. The maximum Gasteiger partial charge on any atom is 0.274 e. The van der Waals surface area contributed by atoms with Crippen LogP contribution in [0.5, 0.6) is 11.5 Å². The molecule has 2 heterocycles. The molecule has 7 heteroatoms. The van der Waals surface area contributed by atoms with E-state index < -0.39 is 0 Å². The number of aromatic nitrogens is 2. The summed E-state index contributed by atoms with van der Waals surface area (Å²) in [4.78, 5) is 20.9. The van der Waals surface area contributed by atoms with Crippen molar-refractivity contribution in [1.82, 2.24) is 9.97 Å². The van der Waals surface area contributed by atoms with E-state index in [0.717, 1.165) is 22.5 Å². The number of carbonyl (C=O) groups excluding carboxylic acids is 1. The van der Waals surface area contributed by atoms with Crippen molar-refractivity contribution in [3.8, 4) is 11.5 Å². The number of ether oxygens (including phenoxy) is 2. The molecule has 136 valence electrons. The molecule has 27 heavy (non-hydrogen) atoms. The van der Waals surface area contributed by atoms with Crippen LogP contribution in [0.25, 0.3) is 0 Å². The molecule has 0 aliphatic carbocycles. The maximum absolute atomic E-state index is 12.6. The summed E-state index contributed by atoms with van der Waals surface area (Å²) in [5.74, 6) is 1.60. The second-order valence-electron chi connectivity index (χ2n) is 6.20. The van der Waals surface area contributed by atoms with Gasteiger partial charge in [0.15, 0.2) is 11.5 Å². The molecule has 0 spiro atoms. The Kier molecular flexibility index (Phi) is 4.33. The van der Waals surface area contributed by atoms with Crippen molar-refractivity contribution >= 4 is 23.1 Å². The van der Waals surface area contributed by atoms with Crippen LogP contribution < -0.4 is 20.1 Å². The lowest BCUT2D eigenvalue weighted by molar-refractivity contribution is 0.102. The fraction of sp³-hybridized carbons (Fsp3) is 0.150. The third-order valence-electron chi connectivity index (χ3n) is 4.26. The normalized spacial score (nSPS) is 11.9. The average molecular weight is 362 g/mol. The minimum Gasteiger partial charge on any atom is -0.454 e. The van der Waals surface area contributed by atoms with E-state index >= 15 is 0 Å². The van der Waals surface area contributed by atoms with Gasteiger partial charge in [0.2, 0.25) is 6.79 Å². The van der Waals surface area contributed by atoms with E-state index in [1.54, 1.807) is 6.07 Å². The molecule has 7 nitrogen and oxygen atoms in total. The van der Waals surface area contributed by atoms with Crippen LogP contribution in [0.1, 0.15) is 21.6 Å². The summed E-state index contributed by atoms with van der Waals surface area (Å²) in [6.07, 6.45) is 1.36. The predicted octanol–water partition coefficient (Wildman–Crippen LogP) is 3.82. The van der Waals surface area contributed by atoms with Crippen LogP contribution in [0.3, 0.4) is 0 Å². The highest BCUT2D eigenvalue weighted by Crippen LogP contribution is 2.34. The van der Waals surface area contributed by atoms with Gasteiger partial charge in [-0.15, -0.1) is 0 Å². The monoisotopic (exact) mass is 362 g/mol. The van der Waals surface area contributed by atoms with Gasteiger partial charge in [0.1, 0.15) is 17.8 Å². The Labute approximate surface area is 156 Å². The van der Waals surface area contributed by atoms with E-state index in [0.29, 0.717) is 17.3 Å². The van der Waals surface area contributed by atoms with Gasteiger partial charge in [-0.05, 0) is 37.1 Å². The SMILES string of the molecule is Cc1cccc(C)c1NC(=O)c1cc(Nc2ccc3c(c2)OCO3)ncn1. The number of hydrogen-bond donors (Lipinski definition) is 2. The van der Waals surface area contributed by atoms with Crippen molar-refractivity contribution < 1.29 is 14.3 Å². The van der Waals surface area contributed by atoms with Crippen molar-refractivity contribution in [2.24, 2.45) is 0 Å². The van der Waals surface area contributed by atoms with Crippen LogP contribution >= 0.6 is 0 Å². The third kappa shape index (κ3) is 3.52. The lowest BCUT2D eigenvalue weighted by Crippen LogP contribution is -2.15. The molecule has 2 N–H and O–H groups in total. The first-order valence-corrected chi connectivity index (χ1v) is 8.46. The largest absolute Gasteiger partial charge is 0.454 e. The molecule has 1 aliphatic heterocycles. The number of benzene rings is 2.